The maximum absolute atomic E-state index is 6.08. The molecule has 0 aliphatic rings. The van der Waals surface area contributed by atoms with Crippen molar-refractivity contribution in [1.29, 1.82) is 0 Å². The van der Waals surface area contributed by atoms with Crippen molar-refractivity contribution in [3.8, 4) is 10.7 Å². The number of nitrogens with one attached hydrogen (secondary N) is 2. The highest BCUT2D eigenvalue weighted by Crippen LogP contribution is 2.35. The molecule has 0 saturated heterocycles. The number of nitrogen functional groups attached to an aromatic ring is 1. The fourth-order valence-corrected chi connectivity index (χ4v) is 3.27. The summed E-state index contributed by atoms with van der Waals surface area (Å²) in [5.41, 5.74) is 10.2. The Hall–Kier alpha value is -2.86. The van der Waals surface area contributed by atoms with Crippen LogP contribution in [0.3, 0.4) is 0 Å². The van der Waals surface area contributed by atoms with Gasteiger partial charge in [0.2, 0.25) is 0 Å². The topological polar surface area (TPSA) is 79.6 Å². The highest BCUT2D eigenvalue weighted by Gasteiger charge is 2.14. The number of H-pyrrole nitrogens is 1. The second kappa shape index (κ2) is 5.40. The third-order valence-electron chi connectivity index (χ3n) is 3.53. The molecule has 2 aromatic carbocycles. The zero-order valence-electron chi connectivity index (χ0n) is 12.5. The number of thiazole rings is 1. The molecular weight excluding hydrogens is 306 g/mol. The molecule has 5 nitrogen and oxygen atoms in total. The molecule has 23 heavy (non-hydrogen) atoms. The van der Waals surface area contributed by atoms with Gasteiger partial charge in [-0.15, -0.1) is 0 Å². The van der Waals surface area contributed by atoms with Gasteiger partial charge in [-0.2, -0.15) is 0 Å². The number of hydrogen-bond acceptors (Lipinski definition) is 5. The van der Waals surface area contributed by atoms with Crippen LogP contribution in [-0.4, -0.2) is 15.0 Å². The van der Waals surface area contributed by atoms with E-state index in [4.69, 9.17) is 5.73 Å². The average Bonchev–Trinajstić information content (AvgIpc) is 3.11. The van der Waals surface area contributed by atoms with Crippen LogP contribution < -0.4 is 11.1 Å². The predicted molar refractivity (Wildman–Crippen MR) is 96.1 cm³/mol. The second-order valence-corrected chi connectivity index (χ2v) is 6.33. The molecule has 0 amide bonds. The minimum atomic E-state index is 0.476. The van der Waals surface area contributed by atoms with Crippen LogP contribution in [-0.2, 0) is 0 Å². The van der Waals surface area contributed by atoms with Gasteiger partial charge in [0.05, 0.1) is 11.0 Å². The van der Waals surface area contributed by atoms with Crippen LogP contribution in [0.5, 0.6) is 0 Å². The second-order valence-electron chi connectivity index (χ2n) is 5.33. The van der Waals surface area contributed by atoms with Crippen molar-refractivity contribution in [1.82, 2.24) is 15.0 Å². The summed E-state index contributed by atoms with van der Waals surface area (Å²) in [4.78, 5) is 13.2. The van der Waals surface area contributed by atoms with E-state index in [1.54, 1.807) is 0 Å². The van der Waals surface area contributed by atoms with E-state index >= 15 is 0 Å². The van der Waals surface area contributed by atoms with Crippen LogP contribution in [0.1, 0.15) is 5.56 Å². The first kappa shape index (κ1) is 13.8. The number of anilines is 3. The molecule has 0 aliphatic carbocycles. The zero-order valence-corrected chi connectivity index (χ0v) is 13.3. The van der Waals surface area contributed by atoms with Crippen molar-refractivity contribution in [3.05, 3.63) is 54.1 Å². The zero-order chi connectivity index (χ0) is 15.8. The lowest BCUT2D eigenvalue weighted by Gasteiger charge is -2.00. The molecule has 0 fully saturated rings. The summed E-state index contributed by atoms with van der Waals surface area (Å²) < 4.78 is 0. The lowest BCUT2D eigenvalue weighted by atomic mass is 10.2. The molecule has 0 atom stereocenters. The fourth-order valence-electron chi connectivity index (χ4n) is 2.42. The molecule has 0 saturated carbocycles. The van der Waals surface area contributed by atoms with Gasteiger partial charge in [0.25, 0.3) is 0 Å². The maximum Gasteiger partial charge on any atom is 0.189 e. The summed E-state index contributed by atoms with van der Waals surface area (Å²) >= 11 is 1.49. The quantitative estimate of drug-likeness (QED) is 0.525. The normalized spacial score (nSPS) is 11.0. The Morgan fingerprint density at radius 1 is 1.09 bits per heavy atom. The van der Waals surface area contributed by atoms with Gasteiger partial charge in [0, 0.05) is 5.69 Å². The summed E-state index contributed by atoms with van der Waals surface area (Å²) in [7, 11) is 0. The Morgan fingerprint density at radius 2 is 1.91 bits per heavy atom. The van der Waals surface area contributed by atoms with E-state index in [9.17, 15) is 0 Å². The first-order valence-electron chi connectivity index (χ1n) is 7.24. The molecule has 2 heterocycles. The minimum absolute atomic E-state index is 0.476. The predicted octanol–water partition coefficient (Wildman–Crippen LogP) is 4.32. The minimum Gasteiger partial charge on any atom is -0.382 e. The summed E-state index contributed by atoms with van der Waals surface area (Å²) in [5.74, 6) is 1.23. The Kier molecular flexibility index (Phi) is 3.24. The van der Waals surface area contributed by atoms with Gasteiger partial charge in [-0.1, -0.05) is 35.6 Å². The van der Waals surface area contributed by atoms with Crippen molar-refractivity contribution < 1.29 is 0 Å². The van der Waals surface area contributed by atoms with E-state index in [1.807, 2.05) is 36.4 Å². The largest absolute Gasteiger partial charge is 0.382 e. The molecule has 0 unspecified atom stereocenters. The molecule has 6 heteroatoms. The van der Waals surface area contributed by atoms with E-state index in [2.05, 4.69) is 39.3 Å². The monoisotopic (exact) mass is 321 g/mol. The van der Waals surface area contributed by atoms with Crippen molar-refractivity contribution in [2.45, 2.75) is 6.92 Å². The molecule has 4 aromatic rings. The fraction of sp³-hybridized carbons (Fsp3) is 0.0588. The van der Waals surface area contributed by atoms with Gasteiger partial charge in [0.1, 0.15) is 10.7 Å². The van der Waals surface area contributed by atoms with E-state index < -0.39 is 0 Å². The van der Waals surface area contributed by atoms with Crippen molar-refractivity contribution in [2.75, 3.05) is 11.1 Å². The first-order chi connectivity index (χ1) is 11.2. The summed E-state index contributed by atoms with van der Waals surface area (Å²) in [6.07, 6.45) is 0. The Morgan fingerprint density at radius 3 is 2.74 bits per heavy atom. The third-order valence-corrected chi connectivity index (χ3v) is 4.53. The number of fused-ring (bicyclic) bond motifs is 1. The number of aromatic nitrogens is 3. The van der Waals surface area contributed by atoms with Gasteiger partial charge in [-0.25, -0.2) is 9.97 Å². The molecule has 0 spiro atoms. The lowest BCUT2D eigenvalue weighted by Crippen LogP contribution is -1.91. The SMILES string of the molecule is Cc1ccc2[nH]c(-c3sc(Nc4ccccc4)nc3N)nc2c1. The van der Waals surface area contributed by atoms with Gasteiger partial charge < -0.3 is 16.0 Å². The van der Waals surface area contributed by atoms with Gasteiger partial charge in [-0.05, 0) is 36.8 Å². The smallest absolute Gasteiger partial charge is 0.189 e. The molecule has 114 valence electrons. The van der Waals surface area contributed by atoms with Crippen LogP contribution in [0, 0.1) is 6.92 Å². The maximum atomic E-state index is 6.08. The average molecular weight is 321 g/mol. The molecule has 2 aromatic heterocycles. The summed E-state index contributed by atoms with van der Waals surface area (Å²) in [6, 6.07) is 16.0. The highest BCUT2D eigenvalue weighted by atomic mass is 32.1. The number of rotatable bonds is 3. The third kappa shape index (κ3) is 2.64. The highest BCUT2D eigenvalue weighted by molar-refractivity contribution is 7.19. The Labute approximate surface area is 137 Å². The van der Waals surface area contributed by atoms with Crippen LogP contribution >= 0.6 is 11.3 Å². The molecule has 0 bridgehead atoms. The van der Waals surface area contributed by atoms with Crippen LogP contribution in [0.4, 0.5) is 16.6 Å². The molecule has 4 rings (SSSR count). The van der Waals surface area contributed by atoms with Crippen LogP contribution in [0.25, 0.3) is 21.7 Å². The molecule has 0 aliphatic heterocycles. The number of aryl methyl sites for hydroxylation is 1. The van der Waals surface area contributed by atoms with E-state index in [0.29, 0.717) is 5.82 Å². The number of aromatic amines is 1. The standard InChI is InChI=1S/C17H15N5S/c1-10-7-8-12-13(9-10)21-16(20-12)14-15(18)22-17(23-14)19-11-5-3-2-4-6-11/h2-9H,18H2,1H3,(H,19,22)(H,20,21). The Bertz CT molecular complexity index is 971. The Balaban J connectivity index is 1.70. The molecular formula is C17H15N5S. The number of imidazole rings is 1. The lowest BCUT2D eigenvalue weighted by molar-refractivity contribution is 1.33. The number of benzene rings is 2. The van der Waals surface area contributed by atoms with E-state index in [-0.39, 0.29) is 0 Å². The molecule has 4 N–H and O–H groups in total. The van der Waals surface area contributed by atoms with Crippen LogP contribution in [0.15, 0.2) is 48.5 Å². The van der Waals surface area contributed by atoms with Gasteiger partial charge >= 0.3 is 0 Å². The van der Waals surface area contributed by atoms with Crippen molar-refractivity contribution in [3.63, 3.8) is 0 Å². The number of hydrogen-bond donors (Lipinski definition) is 3. The van der Waals surface area contributed by atoms with Gasteiger partial charge in [-0.3, -0.25) is 0 Å². The first-order valence-corrected chi connectivity index (χ1v) is 8.06. The molecule has 0 radical (unpaired) electrons. The summed E-state index contributed by atoms with van der Waals surface area (Å²) in [6.45, 7) is 2.05. The van der Waals surface area contributed by atoms with Gasteiger partial charge in [0.15, 0.2) is 11.0 Å². The summed E-state index contributed by atoms with van der Waals surface area (Å²) in [5, 5.41) is 4.01. The number of nitrogens with two attached hydrogens (primary N) is 1. The van der Waals surface area contributed by atoms with Crippen molar-refractivity contribution >= 4 is 39.0 Å². The van der Waals surface area contributed by atoms with Crippen LogP contribution in [0.2, 0.25) is 0 Å². The van der Waals surface area contributed by atoms with E-state index in [0.717, 1.165) is 32.6 Å². The van der Waals surface area contributed by atoms with Crippen molar-refractivity contribution in [2.24, 2.45) is 0 Å². The number of para-hydroxylation sites is 1. The number of nitrogens with zero attached hydrogens (tertiary/aromatic N) is 2. The van der Waals surface area contributed by atoms with E-state index in [1.165, 1.54) is 16.9 Å².